The zero-order valence-electron chi connectivity index (χ0n) is 12.5. The van der Waals surface area contributed by atoms with E-state index in [4.69, 9.17) is 4.74 Å². The van der Waals surface area contributed by atoms with Crippen LogP contribution in [0.1, 0.15) is 18.0 Å². The fourth-order valence-electron chi connectivity index (χ4n) is 2.65. The molecule has 1 aromatic carbocycles. The Labute approximate surface area is 157 Å². The van der Waals surface area contributed by atoms with Crippen molar-refractivity contribution in [2.45, 2.75) is 18.9 Å². The van der Waals surface area contributed by atoms with Crippen molar-refractivity contribution in [3.8, 4) is 11.5 Å². The number of halogens is 5. The molecule has 2 N–H and O–H groups in total. The number of hydrogen-bond donors (Lipinski definition) is 2. The summed E-state index contributed by atoms with van der Waals surface area (Å²) in [6.07, 6.45) is -2.68. The van der Waals surface area contributed by atoms with E-state index in [-0.39, 0.29) is 30.3 Å². The van der Waals surface area contributed by atoms with Crippen LogP contribution in [-0.2, 0) is 0 Å². The molecule has 1 aliphatic rings. The first kappa shape index (κ1) is 20.9. The molecule has 9 heteroatoms. The smallest absolute Gasteiger partial charge is 0.240 e. The van der Waals surface area contributed by atoms with E-state index in [0.29, 0.717) is 27.6 Å². The zero-order chi connectivity index (χ0) is 16.3. The molecule has 0 aromatic heterocycles. The first-order chi connectivity index (χ1) is 10.5. The Morgan fingerprint density at radius 3 is 2.43 bits per heavy atom. The number of aromatic hydroxyl groups is 1. The lowest BCUT2D eigenvalue weighted by Crippen LogP contribution is -2.45. The van der Waals surface area contributed by atoms with Crippen molar-refractivity contribution in [3.63, 3.8) is 0 Å². The van der Waals surface area contributed by atoms with Crippen molar-refractivity contribution in [3.05, 3.63) is 20.6 Å². The molecule has 1 saturated heterocycles. The molecular formula is C14H19Br2ClF2N2O2. The number of phenols is 1. The number of hydrogen-bond acceptors (Lipinski definition) is 4. The number of ether oxygens (including phenoxy) is 1. The number of nitrogens with zero attached hydrogens (tertiary/aromatic N) is 1. The second kappa shape index (κ2) is 9.36. The van der Waals surface area contributed by atoms with Gasteiger partial charge >= 0.3 is 0 Å². The van der Waals surface area contributed by atoms with Crippen LogP contribution in [0.15, 0.2) is 15.0 Å². The summed E-state index contributed by atoms with van der Waals surface area (Å²) in [5.41, 5.74) is 0.684. The van der Waals surface area contributed by atoms with Crippen LogP contribution in [0, 0.1) is 0 Å². The Kier molecular flexibility index (Phi) is 8.51. The van der Waals surface area contributed by atoms with E-state index in [9.17, 15) is 13.9 Å². The highest BCUT2D eigenvalue weighted by atomic mass is 79.9. The van der Waals surface area contributed by atoms with Crippen molar-refractivity contribution in [2.75, 3.05) is 33.3 Å². The lowest BCUT2D eigenvalue weighted by molar-refractivity contribution is 0.0735. The summed E-state index contributed by atoms with van der Waals surface area (Å²) in [5, 5.41) is 13.2. The highest BCUT2D eigenvalue weighted by molar-refractivity contribution is 9.13. The quantitative estimate of drug-likeness (QED) is 0.670. The van der Waals surface area contributed by atoms with Gasteiger partial charge in [0.25, 0.3) is 0 Å². The Bertz CT molecular complexity index is 532. The number of phenolic OH excluding ortho intramolecular Hbond substituents is 1. The van der Waals surface area contributed by atoms with E-state index in [1.165, 1.54) is 7.11 Å². The Morgan fingerprint density at radius 2 is 1.91 bits per heavy atom. The van der Waals surface area contributed by atoms with Crippen LogP contribution in [0.4, 0.5) is 8.78 Å². The minimum absolute atomic E-state index is 0. The highest BCUT2D eigenvalue weighted by Gasteiger charge is 2.29. The van der Waals surface area contributed by atoms with E-state index in [0.717, 1.165) is 13.1 Å². The topological polar surface area (TPSA) is 44.7 Å². The molecule has 0 spiro atoms. The fraction of sp³-hybridized carbons (Fsp3) is 0.571. The van der Waals surface area contributed by atoms with Gasteiger partial charge in [-0.05, 0) is 43.5 Å². The molecule has 2 rings (SSSR count). The van der Waals surface area contributed by atoms with E-state index >= 15 is 0 Å². The SMILES string of the molecule is COc1cc([C@@H](CC(F)F)N2CCNCC2)c(Br)c(Br)c1O.Cl. The standard InChI is InChI=1S/C14H18Br2F2N2O2.ClH/c1-22-10-6-8(12(15)13(16)14(10)21)9(7-11(17)18)20-4-2-19-3-5-20;/h6,9,11,19,21H,2-5,7H2,1H3;1H/t9-;/m1./s1. The average Bonchev–Trinajstić information content (AvgIpc) is 2.52. The maximum Gasteiger partial charge on any atom is 0.240 e. The third-order valence-electron chi connectivity index (χ3n) is 3.75. The summed E-state index contributed by atoms with van der Waals surface area (Å²) < 4.78 is 32.3. The summed E-state index contributed by atoms with van der Waals surface area (Å²) in [5.74, 6) is 0.216. The van der Waals surface area contributed by atoms with Gasteiger partial charge in [0, 0.05) is 43.1 Å². The van der Waals surface area contributed by atoms with Crippen LogP contribution in [0.3, 0.4) is 0 Å². The van der Waals surface area contributed by atoms with Gasteiger partial charge in [0.2, 0.25) is 6.43 Å². The van der Waals surface area contributed by atoms with Crippen LogP contribution < -0.4 is 10.1 Å². The predicted molar refractivity (Wildman–Crippen MR) is 95.1 cm³/mol. The maximum absolute atomic E-state index is 13.1. The Morgan fingerprint density at radius 1 is 1.30 bits per heavy atom. The first-order valence-electron chi connectivity index (χ1n) is 6.93. The van der Waals surface area contributed by atoms with Gasteiger partial charge in [-0.25, -0.2) is 8.78 Å². The van der Waals surface area contributed by atoms with Gasteiger partial charge in [0.1, 0.15) is 0 Å². The lowest BCUT2D eigenvalue weighted by Gasteiger charge is -2.36. The van der Waals surface area contributed by atoms with Gasteiger partial charge in [-0.3, -0.25) is 4.90 Å². The third kappa shape index (κ3) is 4.92. The predicted octanol–water partition coefficient (Wildman–Crippen LogP) is 3.95. The molecule has 0 aliphatic carbocycles. The largest absolute Gasteiger partial charge is 0.503 e. The van der Waals surface area contributed by atoms with Crippen LogP contribution in [0.25, 0.3) is 0 Å². The Balaban J connectivity index is 0.00000264. The molecule has 0 amide bonds. The molecule has 132 valence electrons. The van der Waals surface area contributed by atoms with Gasteiger partial charge in [-0.2, -0.15) is 0 Å². The van der Waals surface area contributed by atoms with E-state index in [1.807, 2.05) is 4.90 Å². The molecule has 1 aromatic rings. The number of rotatable bonds is 5. The summed E-state index contributed by atoms with van der Waals surface area (Å²) in [7, 11) is 1.44. The molecular weight excluding hydrogens is 461 g/mol. The van der Waals surface area contributed by atoms with Crippen molar-refractivity contribution >= 4 is 44.3 Å². The summed E-state index contributed by atoms with van der Waals surface area (Å²) in [4.78, 5) is 2.03. The second-order valence-electron chi connectivity index (χ2n) is 5.07. The fourth-order valence-corrected chi connectivity index (χ4v) is 3.64. The Hall–Kier alpha value is -0.150. The molecule has 1 aliphatic heterocycles. The van der Waals surface area contributed by atoms with Crippen molar-refractivity contribution in [1.29, 1.82) is 0 Å². The summed E-state index contributed by atoms with van der Waals surface area (Å²) in [6, 6.07) is 1.18. The van der Waals surface area contributed by atoms with Crippen LogP contribution in [0.2, 0.25) is 0 Å². The number of benzene rings is 1. The second-order valence-corrected chi connectivity index (χ2v) is 6.66. The monoisotopic (exact) mass is 478 g/mol. The van der Waals surface area contributed by atoms with Crippen molar-refractivity contribution < 1.29 is 18.6 Å². The summed E-state index contributed by atoms with van der Waals surface area (Å²) >= 11 is 6.69. The minimum atomic E-state index is -2.41. The molecule has 0 radical (unpaired) electrons. The normalized spacial score (nSPS) is 17.0. The van der Waals surface area contributed by atoms with Gasteiger partial charge in [0.15, 0.2) is 11.5 Å². The van der Waals surface area contributed by atoms with E-state index < -0.39 is 12.5 Å². The van der Waals surface area contributed by atoms with Crippen LogP contribution in [-0.4, -0.2) is 49.7 Å². The number of nitrogens with one attached hydrogen (secondary N) is 1. The summed E-state index contributed by atoms with van der Waals surface area (Å²) in [6.45, 7) is 2.94. The van der Waals surface area contributed by atoms with Crippen molar-refractivity contribution in [2.24, 2.45) is 0 Å². The van der Waals surface area contributed by atoms with Crippen LogP contribution in [0.5, 0.6) is 11.5 Å². The minimum Gasteiger partial charge on any atom is -0.503 e. The van der Waals surface area contributed by atoms with Gasteiger partial charge in [0.05, 0.1) is 11.6 Å². The number of piperazine rings is 1. The average molecular weight is 481 g/mol. The molecule has 0 bridgehead atoms. The molecule has 1 fully saturated rings. The third-order valence-corrected chi connectivity index (χ3v) is 5.91. The van der Waals surface area contributed by atoms with Crippen LogP contribution >= 0.6 is 44.3 Å². The zero-order valence-corrected chi connectivity index (χ0v) is 16.5. The highest BCUT2D eigenvalue weighted by Crippen LogP contribution is 2.45. The lowest BCUT2D eigenvalue weighted by atomic mass is 10.0. The van der Waals surface area contributed by atoms with E-state index in [2.05, 4.69) is 37.2 Å². The van der Waals surface area contributed by atoms with Gasteiger partial charge in [-0.1, -0.05) is 0 Å². The molecule has 0 unspecified atom stereocenters. The molecule has 4 nitrogen and oxygen atoms in total. The van der Waals surface area contributed by atoms with Crippen molar-refractivity contribution in [1.82, 2.24) is 10.2 Å². The molecule has 0 saturated carbocycles. The molecule has 1 atom stereocenters. The molecule has 1 heterocycles. The van der Waals surface area contributed by atoms with E-state index in [1.54, 1.807) is 6.07 Å². The number of methoxy groups -OCH3 is 1. The number of alkyl halides is 2. The van der Waals surface area contributed by atoms with Gasteiger partial charge in [-0.15, -0.1) is 12.4 Å². The van der Waals surface area contributed by atoms with Gasteiger partial charge < -0.3 is 15.2 Å². The first-order valence-corrected chi connectivity index (χ1v) is 8.52. The molecule has 23 heavy (non-hydrogen) atoms. The maximum atomic E-state index is 13.1.